The molecule has 0 N–H and O–H groups in total. The number of hydrogen-bond donors (Lipinski definition) is 0. The minimum absolute atomic E-state index is 0.529. The summed E-state index contributed by atoms with van der Waals surface area (Å²) in [5, 5.41) is 7.31. The molecule has 0 bridgehead atoms. The smallest absolute Gasteiger partial charge is 0.270 e. The van der Waals surface area contributed by atoms with Crippen molar-refractivity contribution in [1.82, 2.24) is 10.2 Å². The van der Waals surface area contributed by atoms with Gasteiger partial charge in [0.1, 0.15) is 0 Å². The lowest BCUT2D eigenvalue weighted by atomic mass is 9.70. The van der Waals surface area contributed by atoms with Crippen LogP contribution in [0.1, 0.15) is 0 Å². The second-order valence-electron chi connectivity index (χ2n) is 2.33. The molecule has 0 saturated carbocycles. The molecule has 1 radical (unpaired) electrons. The monoisotopic (exact) mass is 157 g/mol. The number of hydrogen-bond acceptors (Lipinski definition) is 3. The van der Waals surface area contributed by atoms with E-state index < -0.39 is 0 Å². The summed E-state index contributed by atoms with van der Waals surface area (Å²) in [6.07, 6.45) is 1.31. The Morgan fingerprint density at radius 2 is 2.00 bits per heavy atom. The maximum atomic E-state index is 4.96. The minimum atomic E-state index is 0.529. The number of rotatable bonds is 2. The van der Waals surface area contributed by atoms with Gasteiger partial charge in [0.05, 0.1) is 0 Å². The van der Waals surface area contributed by atoms with Crippen molar-refractivity contribution in [2.45, 2.75) is 0 Å². The van der Waals surface area contributed by atoms with Crippen LogP contribution in [-0.4, -0.2) is 17.5 Å². The van der Waals surface area contributed by atoms with Crippen LogP contribution < -0.4 is 11.3 Å². The van der Waals surface area contributed by atoms with Crippen LogP contribution in [0, 0.1) is 0 Å². The van der Waals surface area contributed by atoms with Crippen LogP contribution in [0.5, 0.6) is 0 Å². The Morgan fingerprint density at radius 1 is 1.17 bits per heavy atom. The zero-order valence-corrected chi connectivity index (χ0v) is 6.34. The van der Waals surface area contributed by atoms with E-state index in [1.165, 1.54) is 6.39 Å². The standard InChI is InChI=1S/C8H6BN2O/c1-2-4-7(5-3-1)9-8-11-10-6-12-8/h1-6H. The Bertz CT molecular complexity index is 333. The van der Waals surface area contributed by atoms with Gasteiger partial charge in [0.15, 0.2) is 5.79 Å². The Balaban J connectivity index is 2.15. The molecule has 2 rings (SSSR count). The first-order valence-corrected chi connectivity index (χ1v) is 3.61. The van der Waals surface area contributed by atoms with E-state index in [0.29, 0.717) is 5.79 Å². The Morgan fingerprint density at radius 3 is 2.67 bits per heavy atom. The first-order chi connectivity index (χ1) is 5.95. The highest BCUT2D eigenvalue weighted by Crippen LogP contribution is 1.80. The van der Waals surface area contributed by atoms with Gasteiger partial charge in [-0.3, -0.25) is 0 Å². The molecule has 2 aromatic rings. The molecule has 1 heterocycles. The van der Waals surface area contributed by atoms with E-state index in [2.05, 4.69) is 10.2 Å². The zero-order valence-electron chi connectivity index (χ0n) is 6.34. The van der Waals surface area contributed by atoms with E-state index in [9.17, 15) is 0 Å². The van der Waals surface area contributed by atoms with E-state index in [4.69, 9.17) is 4.42 Å². The van der Waals surface area contributed by atoms with Crippen molar-refractivity contribution in [3.05, 3.63) is 36.7 Å². The van der Waals surface area contributed by atoms with Gasteiger partial charge in [-0.15, -0.1) is 10.2 Å². The molecule has 0 aliphatic rings. The summed E-state index contributed by atoms with van der Waals surface area (Å²) >= 11 is 0. The van der Waals surface area contributed by atoms with Crippen LogP contribution in [0.3, 0.4) is 0 Å². The molecule has 12 heavy (non-hydrogen) atoms. The van der Waals surface area contributed by atoms with E-state index in [1.54, 1.807) is 0 Å². The van der Waals surface area contributed by atoms with Gasteiger partial charge in [-0.1, -0.05) is 35.8 Å². The van der Waals surface area contributed by atoms with Crippen LogP contribution in [0.2, 0.25) is 0 Å². The third-order valence-electron chi connectivity index (χ3n) is 1.47. The van der Waals surface area contributed by atoms with Crippen molar-refractivity contribution >= 4 is 18.5 Å². The summed E-state index contributed by atoms with van der Waals surface area (Å²) in [6, 6.07) is 9.84. The van der Waals surface area contributed by atoms with Crippen molar-refractivity contribution in [2.24, 2.45) is 0 Å². The Hall–Kier alpha value is -1.58. The average Bonchev–Trinajstić information content (AvgIpc) is 2.59. The van der Waals surface area contributed by atoms with Crippen molar-refractivity contribution in [2.75, 3.05) is 0 Å². The summed E-state index contributed by atoms with van der Waals surface area (Å²) in [4.78, 5) is 0. The molecule has 3 nitrogen and oxygen atoms in total. The fraction of sp³-hybridized carbons (Fsp3) is 0. The number of nitrogens with zero attached hydrogens (tertiary/aromatic N) is 2. The van der Waals surface area contributed by atoms with Gasteiger partial charge in [-0.05, 0) is 0 Å². The quantitative estimate of drug-likeness (QED) is 0.563. The zero-order chi connectivity index (χ0) is 8.23. The number of benzene rings is 1. The fourth-order valence-corrected chi connectivity index (χ4v) is 0.936. The predicted molar refractivity (Wildman–Crippen MR) is 45.8 cm³/mol. The molecule has 0 unspecified atom stereocenters. The van der Waals surface area contributed by atoms with Crippen molar-refractivity contribution in [3.8, 4) is 0 Å². The highest BCUT2D eigenvalue weighted by Gasteiger charge is 2.02. The lowest BCUT2D eigenvalue weighted by Gasteiger charge is -1.91. The molecule has 0 saturated heterocycles. The summed E-state index contributed by atoms with van der Waals surface area (Å²) in [5.74, 6) is 0.529. The van der Waals surface area contributed by atoms with Crippen LogP contribution in [0.15, 0.2) is 41.1 Å². The average molecular weight is 157 g/mol. The van der Waals surface area contributed by atoms with E-state index in [-0.39, 0.29) is 0 Å². The summed E-state index contributed by atoms with van der Waals surface area (Å²) < 4.78 is 4.96. The van der Waals surface area contributed by atoms with E-state index in [0.717, 1.165) is 5.46 Å². The predicted octanol–water partition coefficient (Wildman–Crippen LogP) is -0.275. The second kappa shape index (κ2) is 3.22. The molecule has 0 aliphatic carbocycles. The number of aromatic nitrogens is 2. The van der Waals surface area contributed by atoms with Crippen LogP contribution >= 0.6 is 0 Å². The molecule has 0 aliphatic heterocycles. The molecule has 1 aromatic carbocycles. The summed E-state index contributed by atoms with van der Waals surface area (Å²) in [7, 11) is 1.83. The van der Waals surface area contributed by atoms with Crippen molar-refractivity contribution < 1.29 is 4.42 Å². The second-order valence-corrected chi connectivity index (χ2v) is 2.33. The Kier molecular flexibility index (Phi) is 1.90. The molecule has 0 amide bonds. The van der Waals surface area contributed by atoms with Crippen LogP contribution in [-0.2, 0) is 0 Å². The maximum absolute atomic E-state index is 4.96. The highest BCUT2D eigenvalue weighted by atomic mass is 16.4. The highest BCUT2D eigenvalue weighted by molar-refractivity contribution is 6.65. The van der Waals surface area contributed by atoms with Crippen LogP contribution in [0.4, 0.5) is 0 Å². The first-order valence-electron chi connectivity index (χ1n) is 3.61. The third kappa shape index (κ3) is 1.53. The molecule has 57 valence electrons. The SMILES string of the molecule is [B](c1ccccc1)c1nnco1. The van der Waals surface area contributed by atoms with Gasteiger partial charge < -0.3 is 4.42 Å². The van der Waals surface area contributed by atoms with Crippen molar-refractivity contribution in [1.29, 1.82) is 0 Å². The minimum Gasteiger partial charge on any atom is -0.438 e. The summed E-state index contributed by atoms with van der Waals surface area (Å²) in [6.45, 7) is 0. The van der Waals surface area contributed by atoms with Gasteiger partial charge in [0.2, 0.25) is 6.39 Å². The molecule has 4 heteroatoms. The van der Waals surface area contributed by atoms with Gasteiger partial charge in [0.25, 0.3) is 7.28 Å². The van der Waals surface area contributed by atoms with Crippen LogP contribution in [0.25, 0.3) is 0 Å². The molecular formula is C8H6BN2O. The van der Waals surface area contributed by atoms with Gasteiger partial charge in [0, 0.05) is 0 Å². The molecule has 0 fully saturated rings. The third-order valence-corrected chi connectivity index (χ3v) is 1.47. The van der Waals surface area contributed by atoms with Crippen molar-refractivity contribution in [3.63, 3.8) is 0 Å². The maximum Gasteiger partial charge on any atom is 0.270 e. The lowest BCUT2D eigenvalue weighted by Crippen LogP contribution is -2.27. The molecule has 1 aromatic heterocycles. The molecule has 0 atom stereocenters. The van der Waals surface area contributed by atoms with Gasteiger partial charge in [-0.2, -0.15) is 0 Å². The normalized spacial score (nSPS) is 9.67. The molecular weight excluding hydrogens is 151 g/mol. The molecule has 0 spiro atoms. The van der Waals surface area contributed by atoms with Gasteiger partial charge in [-0.25, -0.2) is 0 Å². The Labute approximate surface area is 70.7 Å². The summed E-state index contributed by atoms with van der Waals surface area (Å²) in [5.41, 5.74) is 1.06. The van der Waals surface area contributed by atoms with E-state index in [1.807, 2.05) is 37.6 Å². The lowest BCUT2D eigenvalue weighted by molar-refractivity contribution is 0.587. The largest absolute Gasteiger partial charge is 0.438 e. The van der Waals surface area contributed by atoms with Gasteiger partial charge >= 0.3 is 0 Å². The fourth-order valence-electron chi connectivity index (χ4n) is 0.936. The van der Waals surface area contributed by atoms with E-state index >= 15 is 0 Å². The topological polar surface area (TPSA) is 38.9 Å². The first kappa shape index (κ1) is 7.09.